The van der Waals surface area contributed by atoms with Crippen LogP contribution in [0.5, 0.6) is 0 Å². The van der Waals surface area contributed by atoms with Crippen molar-refractivity contribution in [2.24, 2.45) is 5.92 Å². The minimum Gasteiger partial charge on any atom is -0.398 e. The van der Waals surface area contributed by atoms with E-state index in [1.54, 1.807) is 24.3 Å². The molecule has 1 saturated heterocycles. The third-order valence-corrected chi connectivity index (χ3v) is 6.78. The van der Waals surface area contributed by atoms with Gasteiger partial charge in [0.2, 0.25) is 15.9 Å². The first-order valence-corrected chi connectivity index (χ1v) is 10.9. The van der Waals surface area contributed by atoms with Crippen molar-refractivity contribution in [3.63, 3.8) is 0 Å². The van der Waals surface area contributed by atoms with Gasteiger partial charge in [-0.15, -0.1) is 0 Å². The van der Waals surface area contributed by atoms with Crippen molar-refractivity contribution in [3.8, 4) is 0 Å². The number of carbonyl (C=O) groups is 1. The standard InChI is InChI=1S/C20H27N3O3S/c1-3-6-20(24)23-12-11-18(14(2)13-23)22-27(25,26)19-10-9-17(21)15-7-4-5-8-16(15)19/h4-5,7-10,14,18,22H,3,6,11-13,21H2,1-2H3/t14-,18+/m0/s1. The van der Waals surface area contributed by atoms with Crippen molar-refractivity contribution in [1.29, 1.82) is 0 Å². The number of anilines is 1. The van der Waals surface area contributed by atoms with E-state index in [1.807, 2.05) is 30.9 Å². The van der Waals surface area contributed by atoms with Gasteiger partial charge in [0, 0.05) is 42.0 Å². The summed E-state index contributed by atoms with van der Waals surface area (Å²) >= 11 is 0. The van der Waals surface area contributed by atoms with Gasteiger partial charge in [-0.25, -0.2) is 13.1 Å². The Balaban J connectivity index is 1.80. The summed E-state index contributed by atoms with van der Waals surface area (Å²) in [4.78, 5) is 14.2. The number of hydrogen-bond acceptors (Lipinski definition) is 4. The molecule has 27 heavy (non-hydrogen) atoms. The van der Waals surface area contributed by atoms with E-state index < -0.39 is 10.0 Å². The van der Waals surface area contributed by atoms with Crippen LogP contribution in [-0.2, 0) is 14.8 Å². The fourth-order valence-corrected chi connectivity index (χ4v) is 5.30. The lowest BCUT2D eigenvalue weighted by Gasteiger charge is -2.37. The van der Waals surface area contributed by atoms with Crippen molar-refractivity contribution < 1.29 is 13.2 Å². The number of fused-ring (bicyclic) bond motifs is 1. The highest BCUT2D eigenvalue weighted by molar-refractivity contribution is 7.89. The number of hydrogen-bond donors (Lipinski definition) is 2. The number of sulfonamides is 1. The number of piperidine rings is 1. The van der Waals surface area contributed by atoms with Gasteiger partial charge in [-0.3, -0.25) is 4.79 Å². The number of benzene rings is 2. The van der Waals surface area contributed by atoms with Crippen LogP contribution in [0.15, 0.2) is 41.3 Å². The van der Waals surface area contributed by atoms with Gasteiger partial charge in [-0.05, 0) is 30.9 Å². The van der Waals surface area contributed by atoms with Gasteiger partial charge in [-0.1, -0.05) is 38.1 Å². The van der Waals surface area contributed by atoms with Crippen molar-refractivity contribution in [1.82, 2.24) is 9.62 Å². The molecule has 0 aromatic heterocycles. The topological polar surface area (TPSA) is 92.5 Å². The molecule has 3 N–H and O–H groups in total. The van der Waals surface area contributed by atoms with Gasteiger partial charge < -0.3 is 10.6 Å². The first kappa shape index (κ1) is 19.6. The predicted octanol–water partition coefficient (Wildman–Crippen LogP) is 2.74. The number of nitrogens with zero attached hydrogens (tertiary/aromatic N) is 1. The molecule has 7 heteroatoms. The van der Waals surface area contributed by atoms with Crippen LogP contribution < -0.4 is 10.5 Å². The van der Waals surface area contributed by atoms with Gasteiger partial charge in [-0.2, -0.15) is 0 Å². The largest absolute Gasteiger partial charge is 0.398 e. The quantitative estimate of drug-likeness (QED) is 0.769. The third kappa shape index (κ3) is 4.09. The summed E-state index contributed by atoms with van der Waals surface area (Å²) in [7, 11) is -3.69. The summed E-state index contributed by atoms with van der Waals surface area (Å²) in [6.07, 6.45) is 1.98. The Hall–Kier alpha value is -2.12. The molecule has 0 spiro atoms. The zero-order chi connectivity index (χ0) is 19.6. The monoisotopic (exact) mass is 389 g/mol. The fourth-order valence-electron chi connectivity index (χ4n) is 3.71. The number of likely N-dealkylation sites (tertiary alicyclic amines) is 1. The molecule has 0 bridgehead atoms. The van der Waals surface area contributed by atoms with Crippen LogP contribution in [0, 0.1) is 5.92 Å². The van der Waals surface area contributed by atoms with Crippen molar-refractivity contribution >= 4 is 32.4 Å². The van der Waals surface area contributed by atoms with E-state index in [0.29, 0.717) is 37.0 Å². The smallest absolute Gasteiger partial charge is 0.241 e. The summed E-state index contributed by atoms with van der Waals surface area (Å²) < 4.78 is 29.0. The first-order chi connectivity index (χ1) is 12.8. The summed E-state index contributed by atoms with van der Waals surface area (Å²) in [6, 6.07) is 10.2. The third-order valence-electron chi connectivity index (χ3n) is 5.24. The Bertz CT molecular complexity index is 943. The second-order valence-electron chi connectivity index (χ2n) is 7.28. The molecule has 2 atom stereocenters. The Labute approximate surface area is 160 Å². The average Bonchev–Trinajstić information content (AvgIpc) is 2.63. The molecular formula is C20H27N3O3S. The Morgan fingerprint density at radius 2 is 1.93 bits per heavy atom. The predicted molar refractivity (Wildman–Crippen MR) is 108 cm³/mol. The van der Waals surface area contributed by atoms with Gasteiger partial charge in [0.05, 0.1) is 4.90 Å². The maximum absolute atomic E-state index is 13.1. The summed E-state index contributed by atoms with van der Waals surface area (Å²) in [5.74, 6) is 0.199. The van der Waals surface area contributed by atoms with Crippen LogP contribution in [0.2, 0.25) is 0 Å². The molecule has 2 aromatic carbocycles. The van der Waals surface area contributed by atoms with Crippen molar-refractivity contribution in [2.45, 2.75) is 44.0 Å². The average molecular weight is 390 g/mol. The fraction of sp³-hybridized carbons (Fsp3) is 0.450. The van der Waals surface area contributed by atoms with E-state index in [9.17, 15) is 13.2 Å². The van der Waals surface area contributed by atoms with E-state index in [0.717, 1.165) is 11.8 Å². The van der Waals surface area contributed by atoms with Gasteiger partial charge in [0.1, 0.15) is 0 Å². The van der Waals surface area contributed by atoms with Crippen LogP contribution in [0.3, 0.4) is 0 Å². The van der Waals surface area contributed by atoms with Crippen LogP contribution in [-0.4, -0.2) is 38.4 Å². The van der Waals surface area contributed by atoms with Crippen LogP contribution in [0.1, 0.15) is 33.1 Å². The molecule has 1 aliphatic heterocycles. The van der Waals surface area contributed by atoms with Crippen LogP contribution in [0.4, 0.5) is 5.69 Å². The molecule has 0 saturated carbocycles. The number of amides is 1. The minimum atomic E-state index is -3.69. The molecule has 1 aliphatic rings. The molecule has 0 radical (unpaired) electrons. The van der Waals surface area contributed by atoms with Crippen molar-refractivity contribution in [2.75, 3.05) is 18.8 Å². The van der Waals surface area contributed by atoms with Crippen molar-refractivity contribution in [3.05, 3.63) is 36.4 Å². The van der Waals surface area contributed by atoms with E-state index >= 15 is 0 Å². The van der Waals surface area contributed by atoms with E-state index in [2.05, 4.69) is 4.72 Å². The second kappa shape index (κ2) is 7.86. The molecule has 3 rings (SSSR count). The molecule has 146 valence electrons. The normalized spacial score (nSPS) is 20.7. The molecule has 1 amide bonds. The molecule has 1 fully saturated rings. The number of nitrogens with two attached hydrogens (primary N) is 1. The highest BCUT2D eigenvalue weighted by atomic mass is 32.2. The molecular weight excluding hydrogens is 362 g/mol. The maximum atomic E-state index is 13.1. The van der Waals surface area contributed by atoms with Gasteiger partial charge >= 0.3 is 0 Å². The zero-order valence-electron chi connectivity index (χ0n) is 15.8. The number of carbonyl (C=O) groups excluding carboxylic acids is 1. The molecule has 0 unspecified atom stereocenters. The Morgan fingerprint density at radius 3 is 2.59 bits per heavy atom. The summed E-state index contributed by atoms with van der Waals surface area (Å²) in [5.41, 5.74) is 6.55. The zero-order valence-corrected chi connectivity index (χ0v) is 16.6. The van der Waals surface area contributed by atoms with E-state index in [-0.39, 0.29) is 22.8 Å². The molecule has 6 nitrogen and oxygen atoms in total. The SMILES string of the molecule is CCCC(=O)N1CC[C@@H](NS(=O)(=O)c2ccc(N)c3ccccc23)[C@@H](C)C1. The van der Waals surface area contributed by atoms with E-state index in [4.69, 9.17) is 5.73 Å². The number of nitrogens with one attached hydrogen (secondary N) is 1. The van der Waals surface area contributed by atoms with Crippen LogP contribution in [0.25, 0.3) is 10.8 Å². The number of rotatable bonds is 5. The lowest BCUT2D eigenvalue weighted by molar-refractivity contribution is -0.133. The second-order valence-corrected chi connectivity index (χ2v) is 8.96. The summed E-state index contributed by atoms with van der Waals surface area (Å²) in [5, 5.41) is 1.35. The highest BCUT2D eigenvalue weighted by Crippen LogP contribution is 2.28. The highest BCUT2D eigenvalue weighted by Gasteiger charge is 2.32. The maximum Gasteiger partial charge on any atom is 0.241 e. The Morgan fingerprint density at radius 1 is 1.22 bits per heavy atom. The lowest BCUT2D eigenvalue weighted by Crippen LogP contribution is -2.51. The molecule has 1 heterocycles. The van der Waals surface area contributed by atoms with Gasteiger partial charge in [0.15, 0.2) is 0 Å². The molecule has 0 aliphatic carbocycles. The van der Waals surface area contributed by atoms with Gasteiger partial charge in [0.25, 0.3) is 0 Å². The lowest BCUT2D eigenvalue weighted by atomic mass is 9.94. The number of nitrogen functional groups attached to an aromatic ring is 1. The Kier molecular flexibility index (Phi) is 5.72. The minimum absolute atomic E-state index is 0.0503. The summed E-state index contributed by atoms with van der Waals surface area (Å²) in [6.45, 7) is 5.13. The van der Waals surface area contributed by atoms with Crippen LogP contribution >= 0.6 is 0 Å². The first-order valence-electron chi connectivity index (χ1n) is 9.40. The molecule has 2 aromatic rings. The van der Waals surface area contributed by atoms with E-state index in [1.165, 1.54) is 0 Å².